The van der Waals surface area contributed by atoms with Crippen LogP contribution in [0.25, 0.3) is 0 Å². The van der Waals surface area contributed by atoms with Crippen molar-refractivity contribution < 1.29 is 9.53 Å². The number of carbonyl (C=O) groups excluding carboxylic acids is 1. The smallest absolute Gasteiger partial charge is 0.410 e. The molecule has 1 heterocycles. The number of carbonyl (C=O) groups is 1. The minimum atomic E-state index is -0.410. The summed E-state index contributed by atoms with van der Waals surface area (Å²) in [5.74, 6) is 2.45. The van der Waals surface area contributed by atoms with E-state index in [1.165, 1.54) is 11.5 Å². The summed E-state index contributed by atoms with van der Waals surface area (Å²) >= 11 is 1.97. The molecular weight excluding hydrogens is 236 g/mol. The summed E-state index contributed by atoms with van der Waals surface area (Å²) in [6.45, 7) is 7.36. The van der Waals surface area contributed by atoms with Crippen LogP contribution in [0.2, 0.25) is 0 Å². The van der Waals surface area contributed by atoms with Crippen molar-refractivity contribution in [2.45, 2.75) is 38.8 Å². The van der Waals surface area contributed by atoms with Gasteiger partial charge in [0.2, 0.25) is 0 Å². The van der Waals surface area contributed by atoms with E-state index < -0.39 is 5.60 Å². The van der Waals surface area contributed by atoms with Gasteiger partial charge in [-0.25, -0.2) is 4.79 Å². The van der Waals surface area contributed by atoms with Gasteiger partial charge in [0, 0.05) is 31.1 Å². The fraction of sp³-hybridized carbons (Fsp3) is 0.917. The molecule has 1 N–H and O–H groups in total. The number of nitrogens with zero attached hydrogens (tertiary/aromatic N) is 1. The highest BCUT2D eigenvalue weighted by Gasteiger charge is 2.19. The standard InChI is InChI=1S/C12H24N2O2S/c1-12(2,3)16-11(15)14(4)7-5-6-13-10-8-17-9-10/h10,13H,5-9H2,1-4H3. The summed E-state index contributed by atoms with van der Waals surface area (Å²) in [6, 6.07) is 0.687. The molecule has 0 unspecified atom stereocenters. The largest absolute Gasteiger partial charge is 0.444 e. The molecule has 0 radical (unpaired) electrons. The lowest BCUT2D eigenvalue weighted by Gasteiger charge is -2.27. The van der Waals surface area contributed by atoms with Crippen LogP contribution in [0.15, 0.2) is 0 Å². The second-order valence-corrected chi connectivity index (χ2v) is 6.52. The first kappa shape index (κ1) is 14.6. The third-order valence-electron chi connectivity index (χ3n) is 2.45. The Balaban J connectivity index is 2.06. The molecule has 4 nitrogen and oxygen atoms in total. The molecule has 1 aliphatic heterocycles. The van der Waals surface area contributed by atoms with Gasteiger partial charge in [0.05, 0.1) is 0 Å². The van der Waals surface area contributed by atoms with E-state index in [4.69, 9.17) is 4.74 Å². The number of ether oxygens (including phenoxy) is 1. The lowest BCUT2D eigenvalue weighted by Crippen LogP contribution is -2.42. The number of rotatable bonds is 5. The fourth-order valence-electron chi connectivity index (χ4n) is 1.41. The first-order chi connectivity index (χ1) is 7.88. The number of thioether (sulfide) groups is 1. The van der Waals surface area contributed by atoms with Gasteiger partial charge in [0.15, 0.2) is 0 Å². The monoisotopic (exact) mass is 260 g/mol. The molecule has 17 heavy (non-hydrogen) atoms. The summed E-state index contributed by atoms with van der Waals surface area (Å²) in [5.41, 5.74) is -0.410. The zero-order valence-corrected chi connectivity index (χ0v) is 12.1. The van der Waals surface area contributed by atoms with Crippen molar-refractivity contribution in [3.05, 3.63) is 0 Å². The third kappa shape index (κ3) is 6.17. The number of hydrogen-bond acceptors (Lipinski definition) is 4. The molecular formula is C12H24N2O2S. The Bertz CT molecular complexity index is 249. The van der Waals surface area contributed by atoms with Crippen LogP contribution in [0, 0.1) is 0 Å². The van der Waals surface area contributed by atoms with Crippen LogP contribution in [0.3, 0.4) is 0 Å². The van der Waals surface area contributed by atoms with Crippen LogP contribution in [-0.2, 0) is 4.74 Å². The van der Waals surface area contributed by atoms with Crippen LogP contribution < -0.4 is 5.32 Å². The minimum absolute atomic E-state index is 0.239. The second kappa shape index (κ2) is 6.50. The van der Waals surface area contributed by atoms with Crippen LogP contribution in [0.1, 0.15) is 27.2 Å². The maximum absolute atomic E-state index is 11.6. The van der Waals surface area contributed by atoms with E-state index in [-0.39, 0.29) is 6.09 Å². The Labute approximate surface area is 108 Å². The van der Waals surface area contributed by atoms with Gasteiger partial charge in [-0.2, -0.15) is 11.8 Å². The quantitative estimate of drug-likeness (QED) is 0.767. The topological polar surface area (TPSA) is 41.6 Å². The van der Waals surface area contributed by atoms with Gasteiger partial charge in [-0.1, -0.05) is 0 Å². The molecule has 0 aromatic rings. The summed E-state index contributed by atoms with van der Waals surface area (Å²) in [7, 11) is 1.78. The Hall–Kier alpha value is -0.420. The molecule has 0 bridgehead atoms. The van der Waals surface area contributed by atoms with E-state index >= 15 is 0 Å². The first-order valence-corrected chi connectivity index (χ1v) is 7.29. The Morgan fingerprint density at radius 3 is 2.59 bits per heavy atom. The van der Waals surface area contributed by atoms with Gasteiger partial charge in [-0.3, -0.25) is 0 Å². The van der Waals surface area contributed by atoms with E-state index in [1.54, 1.807) is 11.9 Å². The molecule has 0 spiro atoms. The van der Waals surface area contributed by atoms with Crippen molar-refractivity contribution in [3.8, 4) is 0 Å². The predicted molar refractivity (Wildman–Crippen MR) is 72.6 cm³/mol. The van der Waals surface area contributed by atoms with Crippen LogP contribution in [0.5, 0.6) is 0 Å². The Morgan fingerprint density at radius 2 is 2.12 bits per heavy atom. The SMILES string of the molecule is CN(CCCNC1CSC1)C(=O)OC(C)(C)C. The molecule has 5 heteroatoms. The molecule has 1 amide bonds. The van der Waals surface area contributed by atoms with Crippen LogP contribution in [-0.4, -0.2) is 54.3 Å². The zero-order valence-electron chi connectivity index (χ0n) is 11.3. The van der Waals surface area contributed by atoms with E-state index in [0.717, 1.165) is 19.5 Å². The summed E-state index contributed by atoms with van der Waals surface area (Å²) in [5, 5.41) is 3.46. The normalized spacial score (nSPS) is 16.5. The van der Waals surface area contributed by atoms with Crippen molar-refractivity contribution >= 4 is 17.9 Å². The van der Waals surface area contributed by atoms with Crippen molar-refractivity contribution in [1.29, 1.82) is 0 Å². The van der Waals surface area contributed by atoms with Gasteiger partial charge in [-0.05, 0) is 33.7 Å². The summed E-state index contributed by atoms with van der Waals surface area (Å²) in [6.07, 6.45) is 0.730. The minimum Gasteiger partial charge on any atom is -0.444 e. The van der Waals surface area contributed by atoms with Crippen LogP contribution >= 0.6 is 11.8 Å². The fourth-order valence-corrected chi connectivity index (χ4v) is 2.11. The number of amides is 1. The molecule has 1 saturated heterocycles. The van der Waals surface area contributed by atoms with Crippen LogP contribution in [0.4, 0.5) is 4.79 Å². The summed E-state index contributed by atoms with van der Waals surface area (Å²) < 4.78 is 5.27. The van der Waals surface area contributed by atoms with Gasteiger partial charge in [-0.15, -0.1) is 0 Å². The average molecular weight is 260 g/mol. The molecule has 1 aliphatic rings. The van der Waals surface area contributed by atoms with Gasteiger partial charge >= 0.3 is 6.09 Å². The van der Waals surface area contributed by atoms with E-state index in [1.807, 2.05) is 32.5 Å². The van der Waals surface area contributed by atoms with E-state index in [9.17, 15) is 4.79 Å². The summed E-state index contributed by atoms with van der Waals surface area (Å²) in [4.78, 5) is 13.3. The molecule has 0 aromatic heterocycles. The Kier molecular flexibility index (Phi) is 5.59. The molecule has 100 valence electrons. The highest BCUT2D eigenvalue weighted by atomic mass is 32.2. The highest BCUT2D eigenvalue weighted by molar-refractivity contribution is 8.00. The average Bonchev–Trinajstić information content (AvgIpc) is 2.11. The van der Waals surface area contributed by atoms with Crippen molar-refractivity contribution in [3.63, 3.8) is 0 Å². The lowest BCUT2D eigenvalue weighted by atomic mass is 10.2. The molecule has 1 rings (SSSR count). The molecule has 0 atom stereocenters. The molecule has 1 fully saturated rings. The molecule has 0 aliphatic carbocycles. The zero-order chi connectivity index (χ0) is 12.9. The predicted octanol–water partition coefficient (Wildman–Crippen LogP) is 1.95. The van der Waals surface area contributed by atoms with E-state index in [0.29, 0.717) is 6.04 Å². The highest BCUT2D eigenvalue weighted by Crippen LogP contribution is 2.16. The lowest BCUT2D eigenvalue weighted by molar-refractivity contribution is 0.0297. The van der Waals surface area contributed by atoms with Gasteiger partial charge in [0.25, 0.3) is 0 Å². The van der Waals surface area contributed by atoms with Gasteiger partial charge < -0.3 is 15.0 Å². The maximum atomic E-state index is 11.6. The third-order valence-corrected chi connectivity index (χ3v) is 3.72. The number of hydrogen-bond donors (Lipinski definition) is 1. The molecule has 0 aromatic carbocycles. The number of nitrogens with one attached hydrogen (secondary N) is 1. The van der Waals surface area contributed by atoms with Crippen molar-refractivity contribution in [2.24, 2.45) is 0 Å². The van der Waals surface area contributed by atoms with Crippen molar-refractivity contribution in [1.82, 2.24) is 10.2 Å². The first-order valence-electron chi connectivity index (χ1n) is 6.14. The van der Waals surface area contributed by atoms with Gasteiger partial charge in [0.1, 0.15) is 5.60 Å². The molecule has 0 saturated carbocycles. The second-order valence-electron chi connectivity index (χ2n) is 5.44. The van der Waals surface area contributed by atoms with Crippen molar-refractivity contribution in [2.75, 3.05) is 31.6 Å². The van der Waals surface area contributed by atoms with E-state index in [2.05, 4.69) is 5.32 Å². The maximum Gasteiger partial charge on any atom is 0.410 e. The Morgan fingerprint density at radius 1 is 1.47 bits per heavy atom.